The third-order valence-electron chi connectivity index (χ3n) is 5.01. The standard InChI is InChI=1S/C18H25BrO4.C10H18O2/c1-11(2)7-15-14(12(3)20)8-13(19)9-16(15)22-10-17(21)23-18(4,5)6;1-4-5-10(12)7-6-8(2)9(3)11/h8-9,11H,7,10H2,1-6H3;8H,4-7H2,1-3H3. The summed E-state index contributed by atoms with van der Waals surface area (Å²) in [6, 6.07) is 3.58. The predicted octanol–water partition coefficient (Wildman–Crippen LogP) is 6.93. The maximum Gasteiger partial charge on any atom is 0.344 e. The number of ketones is 3. The topological polar surface area (TPSA) is 86.7 Å². The van der Waals surface area contributed by atoms with Crippen LogP contribution in [-0.2, 0) is 25.5 Å². The molecule has 1 unspecified atom stereocenters. The van der Waals surface area contributed by atoms with Crippen molar-refractivity contribution in [1.29, 1.82) is 0 Å². The highest BCUT2D eigenvalue weighted by molar-refractivity contribution is 9.10. The van der Waals surface area contributed by atoms with Crippen molar-refractivity contribution >= 4 is 39.2 Å². The molecule has 1 aromatic carbocycles. The number of rotatable bonds is 12. The first-order valence-electron chi connectivity index (χ1n) is 12.3. The lowest BCUT2D eigenvalue weighted by Gasteiger charge is -2.20. The van der Waals surface area contributed by atoms with E-state index in [9.17, 15) is 19.2 Å². The third kappa shape index (κ3) is 14.9. The van der Waals surface area contributed by atoms with Gasteiger partial charge in [0.25, 0.3) is 0 Å². The second-order valence-corrected chi connectivity index (χ2v) is 11.2. The van der Waals surface area contributed by atoms with Crippen LogP contribution in [0.2, 0.25) is 0 Å². The Morgan fingerprint density at radius 1 is 1.00 bits per heavy atom. The summed E-state index contributed by atoms with van der Waals surface area (Å²) in [5.41, 5.74) is 0.898. The molecule has 7 heteroatoms. The van der Waals surface area contributed by atoms with Gasteiger partial charge in [0, 0.05) is 34.4 Å². The summed E-state index contributed by atoms with van der Waals surface area (Å²) < 4.78 is 11.7. The van der Waals surface area contributed by atoms with Gasteiger partial charge in [0.2, 0.25) is 0 Å². The highest BCUT2D eigenvalue weighted by Gasteiger charge is 2.20. The molecule has 1 aromatic rings. The molecule has 0 spiro atoms. The largest absolute Gasteiger partial charge is 0.482 e. The number of benzene rings is 1. The summed E-state index contributed by atoms with van der Waals surface area (Å²) >= 11 is 3.39. The van der Waals surface area contributed by atoms with Crippen molar-refractivity contribution in [3.63, 3.8) is 0 Å². The van der Waals surface area contributed by atoms with Gasteiger partial charge in [-0.3, -0.25) is 14.4 Å². The molecule has 1 rings (SSSR count). The van der Waals surface area contributed by atoms with E-state index < -0.39 is 11.6 Å². The van der Waals surface area contributed by atoms with E-state index in [0.29, 0.717) is 42.9 Å². The average Bonchev–Trinajstić information content (AvgIpc) is 2.70. The Bertz CT molecular complexity index is 867. The van der Waals surface area contributed by atoms with Crippen LogP contribution in [0.25, 0.3) is 0 Å². The number of hydrogen-bond donors (Lipinski definition) is 0. The number of Topliss-reactive ketones (excluding diaryl/α,β-unsaturated/α-hetero) is 3. The molecule has 0 fully saturated rings. The lowest BCUT2D eigenvalue weighted by atomic mass is 9.95. The van der Waals surface area contributed by atoms with Crippen LogP contribution in [0.5, 0.6) is 5.75 Å². The van der Waals surface area contributed by atoms with Crippen molar-refractivity contribution in [2.24, 2.45) is 11.8 Å². The number of carbonyl (C=O) groups is 4. The fraction of sp³-hybridized carbons (Fsp3) is 0.643. The van der Waals surface area contributed by atoms with Crippen LogP contribution in [0.1, 0.15) is 104 Å². The Kier molecular flexibility index (Phi) is 15.0. The minimum Gasteiger partial charge on any atom is -0.482 e. The zero-order valence-corrected chi connectivity index (χ0v) is 24.5. The van der Waals surface area contributed by atoms with Gasteiger partial charge >= 0.3 is 5.97 Å². The van der Waals surface area contributed by atoms with Crippen molar-refractivity contribution in [2.75, 3.05) is 6.61 Å². The fourth-order valence-electron chi connectivity index (χ4n) is 3.17. The predicted molar refractivity (Wildman–Crippen MR) is 143 cm³/mol. The summed E-state index contributed by atoms with van der Waals surface area (Å²) in [6.07, 6.45) is 3.55. The quantitative estimate of drug-likeness (QED) is 0.205. The monoisotopic (exact) mass is 554 g/mol. The van der Waals surface area contributed by atoms with Crippen molar-refractivity contribution in [3.8, 4) is 5.75 Å². The molecule has 35 heavy (non-hydrogen) atoms. The van der Waals surface area contributed by atoms with Gasteiger partial charge in [-0.1, -0.05) is 43.6 Å². The van der Waals surface area contributed by atoms with Crippen molar-refractivity contribution in [2.45, 2.75) is 100 Å². The zero-order chi connectivity index (χ0) is 27.3. The van der Waals surface area contributed by atoms with E-state index in [1.807, 2.05) is 34.6 Å². The van der Waals surface area contributed by atoms with Crippen molar-refractivity contribution < 1.29 is 28.7 Å². The van der Waals surface area contributed by atoms with Crippen LogP contribution < -0.4 is 4.74 Å². The van der Waals surface area contributed by atoms with Crippen LogP contribution in [-0.4, -0.2) is 35.5 Å². The molecule has 0 aromatic heterocycles. The Morgan fingerprint density at radius 2 is 1.60 bits per heavy atom. The highest BCUT2D eigenvalue weighted by atomic mass is 79.9. The molecule has 1 atom stereocenters. The Hall–Kier alpha value is -2.02. The van der Waals surface area contributed by atoms with Crippen molar-refractivity contribution in [3.05, 3.63) is 27.7 Å². The molecule has 0 amide bonds. The van der Waals surface area contributed by atoms with E-state index >= 15 is 0 Å². The van der Waals surface area contributed by atoms with E-state index in [4.69, 9.17) is 9.47 Å². The molecule has 0 aliphatic carbocycles. The molecule has 0 heterocycles. The summed E-state index contributed by atoms with van der Waals surface area (Å²) in [7, 11) is 0. The number of ether oxygens (including phenoxy) is 2. The number of hydrogen-bond acceptors (Lipinski definition) is 6. The second-order valence-electron chi connectivity index (χ2n) is 10.3. The molecule has 0 bridgehead atoms. The lowest BCUT2D eigenvalue weighted by Crippen LogP contribution is -2.27. The zero-order valence-electron chi connectivity index (χ0n) is 22.9. The molecular weight excluding hydrogens is 512 g/mol. The van der Waals surface area contributed by atoms with Gasteiger partial charge in [-0.25, -0.2) is 4.79 Å². The Balaban J connectivity index is 0.000000814. The Labute approximate surface area is 219 Å². The smallest absolute Gasteiger partial charge is 0.344 e. The number of esters is 1. The van der Waals surface area contributed by atoms with Crippen molar-refractivity contribution in [1.82, 2.24) is 0 Å². The lowest BCUT2D eigenvalue weighted by molar-refractivity contribution is -0.157. The number of carbonyl (C=O) groups excluding carboxylic acids is 4. The van der Waals surface area contributed by atoms with Crippen LogP contribution >= 0.6 is 15.9 Å². The van der Waals surface area contributed by atoms with E-state index in [2.05, 4.69) is 29.8 Å². The summed E-state index contributed by atoms with van der Waals surface area (Å²) in [5, 5.41) is 0. The second kappa shape index (κ2) is 15.9. The van der Waals surface area contributed by atoms with Gasteiger partial charge in [0.15, 0.2) is 12.4 Å². The third-order valence-corrected chi connectivity index (χ3v) is 5.47. The highest BCUT2D eigenvalue weighted by Crippen LogP contribution is 2.30. The first kappa shape index (κ1) is 33.0. The SMILES string of the molecule is CC(=O)c1cc(Br)cc(OCC(=O)OC(C)(C)C)c1CC(C)C.CCCC(=O)CCC(C)C(C)=O. The first-order valence-corrected chi connectivity index (χ1v) is 13.1. The first-order chi connectivity index (χ1) is 16.1. The summed E-state index contributed by atoms with van der Waals surface area (Å²) in [5.74, 6) is 0.958. The van der Waals surface area contributed by atoms with E-state index in [1.165, 1.54) is 6.92 Å². The molecule has 0 aliphatic heterocycles. The van der Waals surface area contributed by atoms with E-state index in [-0.39, 0.29) is 29.9 Å². The molecule has 0 saturated carbocycles. The average molecular weight is 556 g/mol. The van der Waals surface area contributed by atoms with Gasteiger partial charge in [-0.2, -0.15) is 0 Å². The van der Waals surface area contributed by atoms with Crippen LogP contribution in [0.15, 0.2) is 16.6 Å². The normalized spacial score (nSPS) is 11.9. The maximum atomic E-state index is 11.9. The van der Waals surface area contributed by atoms with Gasteiger partial charge in [-0.15, -0.1) is 0 Å². The maximum absolute atomic E-state index is 11.9. The van der Waals surface area contributed by atoms with Crippen LogP contribution in [0, 0.1) is 11.8 Å². The minimum absolute atomic E-state index is 0.0240. The van der Waals surface area contributed by atoms with E-state index in [0.717, 1.165) is 16.5 Å². The minimum atomic E-state index is -0.553. The molecule has 0 saturated heterocycles. The van der Waals surface area contributed by atoms with E-state index in [1.54, 1.807) is 19.1 Å². The molecule has 0 aliphatic rings. The number of halogens is 1. The molecule has 6 nitrogen and oxygen atoms in total. The molecular formula is C28H43BrO6. The summed E-state index contributed by atoms with van der Waals surface area (Å²) in [4.78, 5) is 45.6. The summed E-state index contributed by atoms with van der Waals surface area (Å²) in [6.45, 7) is 16.4. The molecule has 0 N–H and O–H groups in total. The molecule has 198 valence electrons. The van der Waals surface area contributed by atoms with Gasteiger partial charge in [0.1, 0.15) is 22.9 Å². The molecule has 0 radical (unpaired) electrons. The van der Waals surface area contributed by atoms with Crippen LogP contribution in [0.4, 0.5) is 0 Å². The van der Waals surface area contributed by atoms with Gasteiger partial charge in [0.05, 0.1) is 0 Å². The van der Waals surface area contributed by atoms with Gasteiger partial charge < -0.3 is 9.47 Å². The van der Waals surface area contributed by atoms with Gasteiger partial charge in [-0.05, 0) is 71.9 Å². The van der Waals surface area contributed by atoms with Crippen LogP contribution in [0.3, 0.4) is 0 Å². The fourth-order valence-corrected chi connectivity index (χ4v) is 3.60. The Morgan fingerprint density at radius 3 is 2.06 bits per heavy atom.